The van der Waals surface area contributed by atoms with Crippen LogP contribution in [0.5, 0.6) is 0 Å². The van der Waals surface area contributed by atoms with Crippen molar-refractivity contribution in [1.82, 2.24) is 24.9 Å². The normalized spacial score (nSPS) is 10.9. The number of imidazole rings is 1. The third kappa shape index (κ3) is 1.89. The zero-order valence-corrected chi connectivity index (χ0v) is 9.94. The quantitative estimate of drug-likeness (QED) is 0.748. The summed E-state index contributed by atoms with van der Waals surface area (Å²) >= 11 is 3.21. The first-order valence-electron chi connectivity index (χ1n) is 4.72. The van der Waals surface area contributed by atoms with Crippen LogP contribution in [0, 0.1) is 5.82 Å². The molecule has 3 rings (SSSR count). The van der Waals surface area contributed by atoms with Crippen molar-refractivity contribution in [3.63, 3.8) is 0 Å². The smallest absolute Gasteiger partial charge is 0.198 e. The average molecular weight is 294 g/mol. The minimum atomic E-state index is -0.385. The Balaban J connectivity index is 2.14. The van der Waals surface area contributed by atoms with Gasteiger partial charge < -0.3 is 4.98 Å². The Morgan fingerprint density at radius 3 is 2.76 bits per heavy atom. The van der Waals surface area contributed by atoms with Crippen molar-refractivity contribution >= 4 is 27.2 Å². The van der Waals surface area contributed by atoms with E-state index in [0.717, 1.165) is 6.20 Å². The van der Waals surface area contributed by atoms with Gasteiger partial charge in [0.2, 0.25) is 0 Å². The Bertz CT molecular complexity index is 679. The molecule has 0 atom stereocenters. The number of halogens is 2. The molecule has 0 amide bonds. The number of aromatic nitrogens is 5. The number of rotatable bonds is 1. The van der Waals surface area contributed by atoms with Crippen LogP contribution in [0.15, 0.2) is 29.1 Å². The summed E-state index contributed by atoms with van der Waals surface area (Å²) in [6.07, 6.45) is 2.71. The Morgan fingerprint density at radius 1 is 1.12 bits per heavy atom. The SMILES string of the molecule is Fc1ccc(-c2nc3nc(Br)cnc3[nH]2)nc1. The van der Waals surface area contributed by atoms with E-state index in [1.54, 1.807) is 12.3 Å². The van der Waals surface area contributed by atoms with Gasteiger partial charge in [0.25, 0.3) is 0 Å². The lowest BCUT2D eigenvalue weighted by atomic mass is 10.3. The molecule has 5 nitrogen and oxygen atoms in total. The lowest BCUT2D eigenvalue weighted by Crippen LogP contribution is -1.86. The highest BCUT2D eigenvalue weighted by molar-refractivity contribution is 9.10. The third-order valence-electron chi connectivity index (χ3n) is 2.15. The van der Waals surface area contributed by atoms with Gasteiger partial charge in [-0.3, -0.25) is 0 Å². The Kier molecular flexibility index (Phi) is 2.32. The number of nitrogens with one attached hydrogen (secondary N) is 1. The molecule has 0 spiro atoms. The van der Waals surface area contributed by atoms with Gasteiger partial charge in [-0.1, -0.05) is 0 Å². The summed E-state index contributed by atoms with van der Waals surface area (Å²) in [5, 5.41) is 0. The number of H-pyrrole nitrogens is 1. The van der Waals surface area contributed by atoms with E-state index in [1.165, 1.54) is 6.07 Å². The summed E-state index contributed by atoms with van der Waals surface area (Å²) in [5.41, 5.74) is 1.59. The molecule has 0 saturated carbocycles. The molecule has 0 aliphatic heterocycles. The third-order valence-corrected chi connectivity index (χ3v) is 2.53. The van der Waals surface area contributed by atoms with Crippen LogP contribution < -0.4 is 0 Å². The van der Waals surface area contributed by atoms with Crippen LogP contribution in [-0.2, 0) is 0 Å². The van der Waals surface area contributed by atoms with Crippen molar-refractivity contribution in [2.75, 3.05) is 0 Å². The van der Waals surface area contributed by atoms with Gasteiger partial charge in [0.05, 0.1) is 12.4 Å². The van der Waals surface area contributed by atoms with Crippen LogP contribution in [-0.4, -0.2) is 24.9 Å². The van der Waals surface area contributed by atoms with Crippen molar-refractivity contribution in [3.8, 4) is 11.5 Å². The molecule has 0 unspecified atom stereocenters. The number of hydrogen-bond donors (Lipinski definition) is 1. The van der Waals surface area contributed by atoms with E-state index in [0.29, 0.717) is 27.4 Å². The second-order valence-electron chi connectivity index (χ2n) is 3.31. The van der Waals surface area contributed by atoms with Crippen LogP contribution >= 0.6 is 15.9 Å². The number of fused-ring (bicyclic) bond motifs is 1. The molecule has 0 radical (unpaired) electrons. The molecule has 0 fully saturated rings. The molecule has 0 saturated heterocycles. The van der Waals surface area contributed by atoms with Crippen molar-refractivity contribution in [3.05, 3.63) is 34.9 Å². The van der Waals surface area contributed by atoms with Crippen LogP contribution in [0.3, 0.4) is 0 Å². The Morgan fingerprint density at radius 2 is 2.00 bits per heavy atom. The molecule has 0 aliphatic carbocycles. The van der Waals surface area contributed by atoms with Crippen molar-refractivity contribution < 1.29 is 4.39 Å². The van der Waals surface area contributed by atoms with Gasteiger partial charge in [-0.25, -0.2) is 24.3 Å². The molecule has 17 heavy (non-hydrogen) atoms. The van der Waals surface area contributed by atoms with E-state index in [-0.39, 0.29) is 5.82 Å². The molecule has 84 valence electrons. The van der Waals surface area contributed by atoms with E-state index in [2.05, 4.69) is 40.8 Å². The maximum atomic E-state index is 12.7. The monoisotopic (exact) mass is 293 g/mol. The molecule has 0 aromatic carbocycles. The fraction of sp³-hybridized carbons (Fsp3) is 0. The van der Waals surface area contributed by atoms with Gasteiger partial charge in [-0.15, -0.1) is 0 Å². The summed E-state index contributed by atoms with van der Waals surface area (Å²) in [6.45, 7) is 0. The van der Waals surface area contributed by atoms with E-state index < -0.39 is 0 Å². The number of nitrogens with zero attached hydrogens (tertiary/aromatic N) is 4. The minimum Gasteiger partial charge on any atom is -0.320 e. The standard InChI is InChI=1S/C10H5BrFN5/c11-7-4-14-9-10(15-7)17-8(16-9)6-2-1-5(12)3-13-6/h1-4H,(H,14,15,16,17). The van der Waals surface area contributed by atoms with Crippen LogP contribution in [0.4, 0.5) is 4.39 Å². The Hall–Kier alpha value is -1.89. The second-order valence-corrected chi connectivity index (χ2v) is 4.12. The topological polar surface area (TPSA) is 67.3 Å². The van der Waals surface area contributed by atoms with Gasteiger partial charge in [-0.2, -0.15) is 0 Å². The van der Waals surface area contributed by atoms with Crippen molar-refractivity contribution in [2.24, 2.45) is 0 Å². The maximum Gasteiger partial charge on any atom is 0.198 e. The predicted octanol–water partition coefficient (Wildman–Crippen LogP) is 2.32. The highest BCUT2D eigenvalue weighted by Crippen LogP contribution is 2.17. The minimum absolute atomic E-state index is 0.385. The molecule has 0 bridgehead atoms. The van der Waals surface area contributed by atoms with Gasteiger partial charge in [0.1, 0.15) is 16.1 Å². The van der Waals surface area contributed by atoms with E-state index in [1.807, 2.05) is 0 Å². The molecule has 7 heteroatoms. The van der Waals surface area contributed by atoms with E-state index in [9.17, 15) is 4.39 Å². The zero-order valence-electron chi connectivity index (χ0n) is 8.35. The largest absolute Gasteiger partial charge is 0.320 e. The molecule has 1 N–H and O–H groups in total. The molecular weight excluding hydrogens is 289 g/mol. The zero-order chi connectivity index (χ0) is 11.8. The van der Waals surface area contributed by atoms with Crippen molar-refractivity contribution in [1.29, 1.82) is 0 Å². The lowest BCUT2D eigenvalue weighted by Gasteiger charge is -1.93. The predicted molar refractivity (Wildman–Crippen MR) is 62.6 cm³/mol. The average Bonchev–Trinajstić information content (AvgIpc) is 2.72. The summed E-state index contributed by atoms with van der Waals surface area (Å²) in [4.78, 5) is 19.4. The fourth-order valence-corrected chi connectivity index (χ4v) is 1.68. The highest BCUT2D eigenvalue weighted by Gasteiger charge is 2.08. The summed E-state index contributed by atoms with van der Waals surface area (Å²) in [7, 11) is 0. The first-order chi connectivity index (χ1) is 8.22. The van der Waals surface area contributed by atoms with Gasteiger partial charge in [0, 0.05) is 0 Å². The maximum absolute atomic E-state index is 12.7. The summed E-state index contributed by atoms with van der Waals surface area (Å²) < 4.78 is 13.3. The molecule has 3 aromatic heterocycles. The second kappa shape index (κ2) is 3.85. The lowest BCUT2D eigenvalue weighted by molar-refractivity contribution is 0.621. The fourth-order valence-electron chi connectivity index (χ4n) is 1.41. The first kappa shape index (κ1) is 10.3. The molecule has 0 aliphatic rings. The first-order valence-corrected chi connectivity index (χ1v) is 5.52. The number of hydrogen-bond acceptors (Lipinski definition) is 4. The summed E-state index contributed by atoms with van der Waals surface area (Å²) in [5.74, 6) is 0.127. The molecule has 3 aromatic rings. The van der Waals surface area contributed by atoms with Gasteiger partial charge >= 0.3 is 0 Å². The van der Waals surface area contributed by atoms with Gasteiger partial charge in [0.15, 0.2) is 17.1 Å². The number of aromatic amines is 1. The highest BCUT2D eigenvalue weighted by atomic mass is 79.9. The van der Waals surface area contributed by atoms with E-state index in [4.69, 9.17) is 0 Å². The van der Waals surface area contributed by atoms with Gasteiger partial charge in [-0.05, 0) is 28.1 Å². The Labute approximate surface area is 103 Å². The molecule has 3 heterocycles. The molecular formula is C10H5BrFN5. The number of pyridine rings is 1. The van der Waals surface area contributed by atoms with E-state index >= 15 is 0 Å². The summed E-state index contributed by atoms with van der Waals surface area (Å²) in [6, 6.07) is 2.87. The van der Waals surface area contributed by atoms with Crippen LogP contribution in [0.1, 0.15) is 0 Å². The van der Waals surface area contributed by atoms with Crippen LogP contribution in [0.25, 0.3) is 22.8 Å². The van der Waals surface area contributed by atoms with Crippen LogP contribution in [0.2, 0.25) is 0 Å². The van der Waals surface area contributed by atoms with Crippen molar-refractivity contribution in [2.45, 2.75) is 0 Å².